The van der Waals surface area contributed by atoms with Gasteiger partial charge in [-0.15, -0.1) is 5.10 Å². The Morgan fingerprint density at radius 1 is 1.05 bits per heavy atom. The smallest absolute Gasteiger partial charge is 0.267 e. The average molecular weight is 543 g/mol. The maximum absolute atomic E-state index is 14.1. The number of H-pyrrole nitrogens is 1. The summed E-state index contributed by atoms with van der Waals surface area (Å²) >= 11 is 0. The topological polar surface area (TPSA) is 153 Å². The van der Waals surface area contributed by atoms with E-state index in [9.17, 15) is 14.4 Å². The van der Waals surface area contributed by atoms with Crippen LogP contribution >= 0.6 is 0 Å². The highest BCUT2D eigenvalue weighted by Gasteiger charge is 2.24. The van der Waals surface area contributed by atoms with Gasteiger partial charge in [0.15, 0.2) is 11.5 Å². The van der Waals surface area contributed by atoms with Crippen LogP contribution in [0.25, 0.3) is 22.2 Å². The largest absolute Gasteiger partial charge is 0.381 e. The Labute approximate surface area is 232 Å². The zero-order chi connectivity index (χ0) is 28.5. The first kappa shape index (κ1) is 25.3. The lowest BCUT2D eigenvalue weighted by Gasteiger charge is -2.20. The Morgan fingerprint density at radius 3 is 2.68 bits per heavy atom. The highest BCUT2D eigenvalue weighted by Crippen LogP contribution is 2.22. The Morgan fingerprint density at radius 2 is 1.88 bits per heavy atom. The molecule has 0 fully saturated rings. The van der Waals surface area contributed by atoms with E-state index in [0.29, 0.717) is 39.2 Å². The highest BCUT2D eigenvalue weighted by molar-refractivity contribution is 6.04. The molecule has 0 aliphatic carbocycles. The number of fused-ring (bicyclic) bond motifs is 2. The molecule has 2 aromatic carbocycles. The number of rotatable bonds is 4. The maximum atomic E-state index is 14.1. The summed E-state index contributed by atoms with van der Waals surface area (Å²) in [5.41, 5.74) is 7.80. The molecule has 4 N–H and O–H groups in total. The van der Waals surface area contributed by atoms with E-state index in [2.05, 4.69) is 32.2 Å². The van der Waals surface area contributed by atoms with E-state index >= 15 is 0 Å². The van der Waals surface area contributed by atoms with Crippen molar-refractivity contribution in [3.8, 4) is 17.5 Å². The van der Waals surface area contributed by atoms with Crippen molar-refractivity contribution in [3.63, 3.8) is 0 Å². The summed E-state index contributed by atoms with van der Waals surface area (Å²) in [5.74, 6) is 5.81. The lowest BCUT2D eigenvalue weighted by Crippen LogP contribution is -2.33. The van der Waals surface area contributed by atoms with Gasteiger partial charge in [0.1, 0.15) is 11.4 Å². The normalized spacial score (nSPS) is 11.6. The number of carbonyl (C=O) groups excluding carboxylic acids is 1. The Balaban J connectivity index is 1.48. The van der Waals surface area contributed by atoms with Gasteiger partial charge < -0.3 is 16.0 Å². The first-order valence-corrected chi connectivity index (χ1v) is 12.6. The first-order valence-electron chi connectivity index (χ1n) is 12.6. The lowest BCUT2D eigenvalue weighted by atomic mass is 10.1. The lowest BCUT2D eigenvalue weighted by molar-refractivity contribution is 0.0940. The van der Waals surface area contributed by atoms with Crippen LogP contribution in [0.15, 0.2) is 94.9 Å². The van der Waals surface area contributed by atoms with Crippen molar-refractivity contribution in [2.24, 2.45) is 0 Å². The average Bonchev–Trinajstić information content (AvgIpc) is 3.32. The van der Waals surface area contributed by atoms with Gasteiger partial charge in [0, 0.05) is 35.8 Å². The fourth-order valence-corrected chi connectivity index (χ4v) is 4.59. The Hall–Kier alpha value is -6.02. The molecule has 6 aromatic rings. The monoisotopic (exact) mass is 542 g/mol. The molecule has 4 aromatic heterocycles. The van der Waals surface area contributed by atoms with Crippen LogP contribution in [0.4, 0.5) is 5.82 Å². The minimum atomic E-state index is -0.719. The van der Waals surface area contributed by atoms with E-state index in [-0.39, 0.29) is 22.5 Å². The van der Waals surface area contributed by atoms with Crippen LogP contribution in [-0.2, 0) is 0 Å². The number of hydrogen-bond acceptors (Lipinski definition) is 7. The number of amides is 1. The molecule has 0 aliphatic rings. The van der Waals surface area contributed by atoms with Gasteiger partial charge in [-0.3, -0.25) is 19.0 Å². The fraction of sp³-hybridized carbons (Fsp3) is 0.0667. The molecule has 11 heteroatoms. The third kappa shape index (κ3) is 4.70. The minimum absolute atomic E-state index is 0.0314. The number of nitrogens with one attached hydrogen (secondary N) is 2. The molecule has 1 unspecified atom stereocenters. The molecular formula is C30H22N8O3. The number of hydrogen-bond donors (Lipinski definition) is 3. The molecule has 0 saturated heterocycles. The quantitative estimate of drug-likeness (QED) is 0.290. The number of carbonyl (C=O) groups is 1. The van der Waals surface area contributed by atoms with Gasteiger partial charge in [-0.25, -0.2) is 14.5 Å². The van der Waals surface area contributed by atoms with Crippen molar-refractivity contribution in [2.45, 2.75) is 13.0 Å². The van der Waals surface area contributed by atoms with Crippen molar-refractivity contribution in [1.29, 1.82) is 0 Å². The van der Waals surface area contributed by atoms with Gasteiger partial charge in [0.25, 0.3) is 11.5 Å². The number of nitrogens with two attached hydrogens (primary N) is 1. The molecular weight excluding hydrogens is 520 g/mol. The first-order chi connectivity index (χ1) is 19.9. The molecule has 1 atom stereocenters. The summed E-state index contributed by atoms with van der Waals surface area (Å²) in [6.07, 6.45) is 4.70. The van der Waals surface area contributed by atoms with Gasteiger partial charge in [-0.1, -0.05) is 36.1 Å². The van der Waals surface area contributed by atoms with Crippen LogP contribution in [0.2, 0.25) is 0 Å². The van der Waals surface area contributed by atoms with Gasteiger partial charge in [0.05, 0.1) is 22.6 Å². The van der Waals surface area contributed by atoms with Crippen molar-refractivity contribution in [2.75, 3.05) is 5.73 Å². The summed E-state index contributed by atoms with van der Waals surface area (Å²) in [6, 6.07) is 18.2. The summed E-state index contributed by atoms with van der Waals surface area (Å²) in [6.45, 7) is 1.73. The second kappa shape index (κ2) is 10.3. The summed E-state index contributed by atoms with van der Waals surface area (Å²) < 4.78 is 2.89. The summed E-state index contributed by atoms with van der Waals surface area (Å²) in [4.78, 5) is 50.8. The van der Waals surface area contributed by atoms with E-state index in [4.69, 9.17) is 10.7 Å². The fourth-order valence-electron chi connectivity index (χ4n) is 4.59. The molecule has 1 amide bonds. The maximum Gasteiger partial charge on any atom is 0.267 e. The number of anilines is 1. The molecule has 0 aliphatic heterocycles. The molecule has 200 valence electrons. The predicted octanol–water partition coefficient (Wildman–Crippen LogP) is 2.59. The van der Waals surface area contributed by atoms with Crippen LogP contribution in [0, 0.1) is 11.8 Å². The van der Waals surface area contributed by atoms with E-state index in [0.717, 1.165) is 0 Å². The van der Waals surface area contributed by atoms with E-state index in [1.165, 1.54) is 21.3 Å². The summed E-state index contributed by atoms with van der Waals surface area (Å²) in [5, 5.41) is 7.37. The van der Waals surface area contributed by atoms with Crippen LogP contribution in [0.5, 0.6) is 0 Å². The van der Waals surface area contributed by atoms with E-state index < -0.39 is 11.9 Å². The molecule has 0 radical (unpaired) electrons. The number of nitrogens with zero attached hydrogens (tertiary/aromatic N) is 5. The third-order valence-electron chi connectivity index (χ3n) is 6.44. The zero-order valence-corrected chi connectivity index (χ0v) is 21.7. The molecule has 0 spiro atoms. The molecule has 0 bridgehead atoms. The molecule has 6 rings (SSSR count). The SMILES string of the molecule is CC(NC(=O)c1c(N)nn2cccnc12)c1nc2cccc(C#Cc3cc[nH]c(=O)c3)c2c(=O)n1-c1ccccc1. The van der Waals surface area contributed by atoms with E-state index in [1.807, 2.05) is 18.2 Å². The Kier molecular flexibility index (Phi) is 6.33. The molecule has 11 nitrogen and oxygen atoms in total. The Bertz CT molecular complexity index is 2140. The van der Waals surface area contributed by atoms with Gasteiger partial charge in [0.2, 0.25) is 5.56 Å². The number of aromatic nitrogens is 6. The third-order valence-corrected chi connectivity index (χ3v) is 6.44. The number of aromatic amines is 1. The predicted molar refractivity (Wildman–Crippen MR) is 154 cm³/mol. The standard InChI is InChI=1S/C30H22N8O3/c1-18(34-29(40)25-26(31)36-37-16-6-14-33-28(25)37)27-35-22-10-5-7-20(12-11-19-13-15-32-23(39)17-19)24(22)30(41)38(27)21-8-3-2-4-9-21/h2-10,13-18H,1H3,(H2,31,36)(H,32,39)(H,34,40). The van der Waals surface area contributed by atoms with Crippen molar-refractivity contribution in [1.82, 2.24) is 34.4 Å². The second-order valence-corrected chi connectivity index (χ2v) is 9.18. The van der Waals surface area contributed by atoms with Crippen molar-refractivity contribution >= 4 is 28.3 Å². The van der Waals surface area contributed by atoms with Gasteiger partial charge in [-0.2, -0.15) is 0 Å². The van der Waals surface area contributed by atoms with Crippen molar-refractivity contribution < 1.29 is 4.79 Å². The van der Waals surface area contributed by atoms with Gasteiger partial charge >= 0.3 is 0 Å². The summed E-state index contributed by atoms with van der Waals surface area (Å²) in [7, 11) is 0. The number of benzene rings is 2. The van der Waals surface area contributed by atoms with E-state index in [1.54, 1.807) is 61.8 Å². The number of nitrogen functional groups attached to an aromatic ring is 1. The molecule has 0 saturated carbocycles. The zero-order valence-electron chi connectivity index (χ0n) is 21.7. The van der Waals surface area contributed by atoms with Crippen molar-refractivity contribution in [3.05, 3.63) is 129 Å². The number of para-hydroxylation sites is 1. The molecule has 41 heavy (non-hydrogen) atoms. The van der Waals surface area contributed by atoms with Crippen LogP contribution < -0.4 is 22.2 Å². The minimum Gasteiger partial charge on any atom is -0.381 e. The number of pyridine rings is 1. The van der Waals surface area contributed by atoms with Crippen LogP contribution in [-0.4, -0.2) is 35.0 Å². The highest BCUT2D eigenvalue weighted by atomic mass is 16.2. The second-order valence-electron chi connectivity index (χ2n) is 9.18. The van der Waals surface area contributed by atoms with Crippen LogP contribution in [0.3, 0.4) is 0 Å². The molecule has 4 heterocycles. The van der Waals surface area contributed by atoms with Crippen LogP contribution in [0.1, 0.15) is 40.3 Å². The van der Waals surface area contributed by atoms with Gasteiger partial charge in [-0.05, 0) is 43.3 Å².